The molecule has 1 fully saturated rings. The van der Waals surface area contributed by atoms with Crippen molar-refractivity contribution in [1.29, 1.82) is 0 Å². The Hall–Kier alpha value is -3.85. The lowest BCUT2D eigenvalue weighted by molar-refractivity contribution is -0.122. The van der Waals surface area contributed by atoms with Crippen LogP contribution in [-0.2, 0) is 16.1 Å². The van der Waals surface area contributed by atoms with E-state index in [9.17, 15) is 14.4 Å². The third-order valence-electron chi connectivity index (χ3n) is 5.97. The number of ether oxygens (including phenoxy) is 3. The predicted molar refractivity (Wildman–Crippen MR) is 130 cm³/mol. The summed E-state index contributed by atoms with van der Waals surface area (Å²) >= 11 is 3.36. The molecule has 35 heavy (non-hydrogen) atoms. The van der Waals surface area contributed by atoms with Crippen molar-refractivity contribution in [3.63, 3.8) is 0 Å². The molecule has 0 aliphatic carbocycles. The maximum atomic E-state index is 13.7. The van der Waals surface area contributed by atoms with Crippen molar-refractivity contribution in [3.05, 3.63) is 82.3 Å². The first-order valence-corrected chi connectivity index (χ1v) is 11.7. The normalized spacial score (nSPS) is 16.5. The van der Waals surface area contributed by atoms with Gasteiger partial charge >= 0.3 is 0 Å². The average Bonchev–Trinajstić information content (AvgIpc) is 3.46. The van der Waals surface area contributed by atoms with Gasteiger partial charge in [0.1, 0.15) is 11.8 Å². The van der Waals surface area contributed by atoms with E-state index in [1.807, 2.05) is 6.07 Å². The molecule has 1 unspecified atom stereocenters. The number of methoxy groups -OCH3 is 1. The van der Waals surface area contributed by atoms with Crippen LogP contribution >= 0.6 is 15.9 Å². The second-order valence-electron chi connectivity index (χ2n) is 8.11. The molecule has 0 spiro atoms. The van der Waals surface area contributed by atoms with Crippen molar-refractivity contribution in [1.82, 2.24) is 4.90 Å². The van der Waals surface area contributed by atoms with Crippen LogP contribution in [0.1, 0.15) is 22.3 Å². The summed E-state index contributed by atoms with van der Waals surface area (Å²) in [6.45, 7) is 0.240. The van der Waals surface area contributed by atoms with E-state index in [0.29, 0.717) is 28.5 Å². The summed E-state index contributed by atoms with van der Waals surface area (Å²) in [6, 6.07) is 18.0. The zero-order valence-corrected chi connectivity index (χ0v) is 20.4. The zero-order chi connectivity index (χ0) is 24.5. The van der Waals surface area contributed by atoms with Gasteiger partial charge in [-0.05, 0) is 66.2 Å². The topological polar surface area (TPSA) is 85.4 Å². The van der Waals surface area contributed by atoms with Gasteiger partial charge in [0.15, 0.2) is 11.5 Å². The number of carbonyl (C=O) groups excluding carboxylic acids is 3. The van der Waals surface area contributed by atoms with Crippen LogP contribution in [0.15, 0.2) is 71.2 Å². The number of benzene rings is 3. The smallest absolute Gasteiger partial charge is 0.257 e. The molecule has 1 saturated heterocycles. The van der Waals surface area contributed by atoms with E-state index >= 15 is 0 Å². The highest BCUT2D eigenvalue weighted by Crippen LogP contribution is 2.34. The number of hydrogen-bond donors (Lipinski definition) is 0. The first-order valence-electron chi connectivity index (χ1n) is 10.9. The van der Waals surface area contributed by atoms with E-state index in [0.717, 1.165) is 14.9 Å². The van der Waals surface area contributed by atoms with Crippen LogP contribution in [0.2, 0.25) is 0 Å². The zero-order valence-electron chi connectivity index (χ0n) is 18.8. The highest BCUT2D eigenvalue weighted by Gasteiger charge is 2.44. The molecule has 0 radical (unpaired) electrons. The van der Waals surface area contributed by atoms with Crippen LogP contribution < -0.4 is 19.1 Å². The number of anilines is 1. The standard InChI is InChI=1S/C26H21BrN2O6/c1-33-20-9-3-17(4-10-20)25(31)28(14-16-2-11-22-23(12-16)35-15-34-22)21-13-24(30)29(26(21)32)19-7-5-18(27)6-8-19/h2-12,21H,13-15H2,1H3. The maximum absolute atomic E-state index is 13.7. The molecule has 2 aliphatic heterocycles. The monoisotopic (exact) mass is 536 g/mol. The Morgan fingerprint density at radius 2 is 1.74 bits per heavy atom. The lowest BCUT2D eigenvalue weighted by Crippen LogP contribution is -2.45. The number of halogens is 1. The van der Waals surface area contributed by atoms with E-state index in [-0.39, 0.29) is 31.6 Å². The van der Waals surface area contributed by atoms with E-state index in [1.54, 1.807) is 67.8 Å². The average molecular weight is 537 g/mol. The van der Waals surface area contributed by atoms with Crippen molar-refractivity contribution in [3.8, 4) is 17.2 Å². The number of rotatable bonds is 6. The summed E-state index contributed by atoms with van der Waals surface area (Å²) in [5, 5.41) is 0. The molecule has 9 heteroatoms. The maximum Gasteiger partial charge on any atom is 0.257 e. The van der Waals surface area contributed by atoms with Gasteiger partial charge in [-0.15, -0.1) is 0 Å². The van der Waals surface area contributed by atoms with E-state index in [4.69, 9.17) is 14.2 Å². The molecule has 0 saturated carbocycles. The van der Waals surface area contributed by atoms with Crippen molar-refractivity contribution in [2.24, 2.45) is 0 Å². The van der Waals surface area contributed by atoms with E-state index < -0.39 is 11.9 Å². The Kier molecular flexibility index (Phi) is 6.17. The van der Waals surface area contributed by atoms with Crippen molar-refractivity contribution in [2.75, 3.05) is 18.8 Å². The molecule has 2 aliphatic rings. The van der Waals surface area contributed by atoms with Gasteiger partial charge in [-0.1, -0.05) is 22.0 Å². The number of carbonyl (C=O) groups is 3. The van der Waals surface area contributed by atoms with Gasteiger partial charge in [-0.2, -0.15) is 0 Å². The summed E-state index contributed by atoms with van der Waals surface area (Å²) in [7, 11) is 1.54. The SMILES string of the molecule is COc1ccc(C(=O)N(Cc2ccc3c(c2)OCO3)C2CC(=O)N(c3ccc(Br)cc3)C2=O)cc1. The van der Waals surface area contributed by atoms with Gasteiger partial charge in [0.2, 0.25) is 12.7 Å². The second-order valence-corrected chi connectivity index (χ2v) is 9.03. The van der Waals surface area contributed by atoms with Crippen LogP contribution in [-0.4, -0.2) is 42.6 Å². The number of hydrogen-bond acceptors (Lipinski definition) is 6. The van der Waals surface area contributed by atoms with Gasteiger partial charge in [0.05, 0.1) is 19.2 Å². The minimum atomic E-state index is -0.953. The molecule has 2 heterocycles. The fourth-order valence-corrected chi connectivity index (χ4v) is 4.44. The summed E-state index contributed by atoms with van der Waals surface area (Å²) in [5.41, 5.74) is 1.60. The largest absolute Gasteiger partial charge is 0.497 e. The minimum absolute atomic E-state index is 0.110. The molecular weight excluding hydrogens is 516 g/mol. The van der Waals surface area contributed by atoms with Crippen LogP contribution in [0.5, 0.6) is 17.2 Å². The molecule has 5 rings (SSSR count). The number of imide groups is 1. The Morgan fingerprint density at radius 3 is 2.46 bits per heavy atom. The number of amides is 3. The van der Waals surface area contributed by atoms with Gasteiger partial charge < -0.3 is 19.1 Å². The summed E-state index contributed by atoms with van der Waals surface area (Å²) in [4.78, 5) is 42.7. The Balaban J connectivity index is 1.48. The molecule has 0 N–H and O–H groups in total. The Bertz CT molecular complexity index is 1290. The lowest BCUT2D eigenvalue weighted by Gasteiger charge is -2.28. The molecule has 0 bridgehead atoms. The van der Waals surface area contributed by atoms with Crippen LogP contribution in [0.4, 0.5) is 5.69 Å². The highest BCUT2D eigenvalue weighted by molar-refractivity contribution is 9.10. The molecule has 1 atom stereocenters. The van der Waals surface area contributed by atoms with Crippen molar-refractivity contribution in [2.45, 2.75) is 19.0 Å². The highest BCUT2D eigenvalue weighted by atomic mass is 79.9. The molecule has 3 aromatic rings. The van der Waals surface area contributed by atoms with E-state index in [2.05, 4.69) is 15.9 Å². The fourth-order valence-electron chi connectivity index (χ4n) is 4.18. The van der Waals surface area contributed by atoms with Gasteiger partial charge in [-0.3, -0.25) is 14.4 Å². The van der Waals surface area contributed by atoms with Gasteiger partial charge in [-0.25, -0.2) is 4.90 Å². The molecule has 3 amide bonds. The molecule has 0 aromatic heterocycles. The van der Waals surface area contributed by atoms with Gasteiger partial charge in [0, 0.05) is 16.6 Å². The predicted octanol–water partition coefficient (Wildman–Crippen LogP) is 4.16. The van der Waals surface area contributed by atoms with Crippen LogP contribution in [0, 0.1) is 0 Å². The fraction of sp³-hybridized carbons (Fsp3) is 0.192. The summed E-state index contributed by atoms with van der Waals surface area (Å²) < 4.78 is 16.9. The molecule has 178 valence electrons. The quantitative estimate of drug-likeness (QED) is 0.439. The lowest BCUT2D eigenvalue weighted by atomic mass is 10.1. The third kappa shape index (κ3) is 4.46. The summed E-state index contributed by atoms with van der Waals surface area (Å²) in [6.07, 6.45) is -0.110. The Morgan fingerprint density at radius 1 is 1.03 bits per heavy atom. The number of fused-ring (bicyclic) bond motifs is 1. The van der Waals surface area contributed by atoms with Crippen LogP contribution in [0.3, 0.4) is 0 Å². The summed E-state index contributed by atoms with van der Waals surface area (Å²) in [5.74, 6) is 0.631. The molecule has 3 aromatic carbocycles. The molecule has 8 nitrogen and oxygen atoms in total. The van der Waals surface area contributed by atoms with Gasteiger partial charge in [0.25, 0.3) is 11.8 Å². The third-order valence-corrected chi connectivity index (χ3v) is 6.50. The Labute approximate surface area is 210 Å². The first-order chi connectivity index (χ1) is 16.9. The van der Waals surface area contributed by atoms with Crippen LogP contribution in [0.25, 0.3) is 0 Å². The minimum Gasteiger partial charge on any atom is -0.497 e. The first kappa shape index (κ1) is 22.9. The molecular formula is C26H21BrN2O6. The van der Waals surface area contributed by atoms with Crippen molar-refractivity contribution >= 4 is 39.3 Å². The van der Waals surface area contributed by atoms with Crippen molar-refractivity contribution < 1.29 is 28.6 Å². The second kappa shape index (κ2) is 9.42. The van der Waals surface area contributed by atoms with E-state index in [1.165, 1.54) is 4.90 Å². The number of nitrogens with zero attached hydrogens (tertiary/aromatic N) is 2.